The van der Waals surface area contributed by atoms with Gasteiger partial charge in [0, 0.05) is 31.5 Å². The lowest BCUT2D eigenvalue weighted by molar-refractivity contribution is -0.0170. The molecule has 248 valence electrons. The molecule has 2 aliphatic rings. The monoisotopic (exact) mass is 678 g/mol. The quantitative estimate of drug-likeness (QED) is 0.328. The molecular formula is C35H55BrN2O6. The molecule has 2 aromatic carbocycles. The number of ether oxygens (including phenoxy) is 3. The molecule has 2 fully saturated rings. The van der Waals surface area contributed by atoms with Crippen LogP contribution in [-0.4, -0.2) is 76.7 Å². The van der Waals surface area contributed by atoms with Crippen LogP contribution in [0.5, 0.6) is 0 Å². The number of carbonyl (C=O) groups is 2. The number of aliphatic hydroxyl groups is 1. The normalized spacial score (nSPS) is 15.9. The molecule has 2 aromatic rings. The van der Waals surface area contributed by atoms with Crippen molar-refractivity contribution in [1.82, 2.24) is 9.80 Å². The first-order valence-corrected chi connectivity index (χ1v) is 16.3. The summed E-state index contributed by atoms with van der Waals surface area (Å²) in [5.74, 6) is 0. The van der Waals surface area contributed by atoms with Crippen molar-refractivity contribution in [3.8, 4) is 0 Å². The van der Waals surface area contributed by atoms with Gasteiger partial charge in [0.2, 0.25) is 0 Å². The molecule has 8 nitrogen and oxygen atoms in total. The second-order valence-electron chi connectivity index (χ2n) is 12.8. The molecule has 0 aromatic heterocycles. The summed E-state index contributed by atoms with van der Waals surface area (Å²) < 4.78 is 16.5. The molecule has 1 N–H and O–H groups in total. The number of amides is 2. The van der Waals surface area contributed by atoms with E-state index in [0.29, 0.717) is 45.6 Å². The first-order valence-electron chi connectivity index (χ1n) is 15.1. The Hall–Kier alpha value is -2.62. The number of rotatable bonds is 4. The Bertz CT molecular complexity index is 1060. The molecule has 2 aliphatic heterocycles. The molecule has 0 aliphatic carbocycles. The maximum absolute atomic E-state index is 12.0. The summed E-state index contributed by atoms with van der Waals surface area (Å²) in [7, 11) is 0. The van der Waals surface area contributed by atoms with Crippen LogP contribution in [0.2, 0.25) is 0 Å². The summed E-state index contributed by atoms with van der Waals surface area (Å²) >= 11 is 3.36. The van der Waals surface area contributed by atoms with E-state index in [4.69, 9.17) is 14.2 Å². The van der Waals surface area contributed by atoms with Crippen LogP contribution in [-0.2, 0) is 26.1 Å². The van der Waals surface area contributed by atoms with Gasteiger partial charge < -0.3 is 29.1 Å². The minimum absolute atomic E-state index is 0. The summed E-state index contributed by atoms with van der Waals surface area (Å²) in [6.07, 6.45) is 2.52. The Morgan fingerprint density at radius 3 is 1.48 bits per heavy atom. The third-order valence-corrected chi connectivity index (χ3v) is 7.18. The van der Waals surface area contributed by atoms with Crippen molar-refractivity contribution in [2.24, 2.45) is 0 Å². The lowest BCUT2D eigenvalue weighted by atomic mass is 10.1. The van der Waals surface area contributed by atoms with Crippen LogP contribution in [0.25, 0.3) is 0 Å². The highest BCUT2D eigenvalue weighted by Gasteiger charge is 2.27. The van der Waals surface area contributed by atoms with Gasteiger partial charge in [-0.3, -0.25) is 0 Å². The third-order valence-electron chi connectivity index (χ3n) is 6.54. The van der Waals surface area contributed by atoms with E-state index >= 15 is 0 Å². The molecule has 9 heteroatoms. The molecule has 0 spiro atoms. The minimum atomic E-state index is -0.437. The highest BCUT2D eigenvalue weighted by molar-refractivity contribution is 9.08. The predicted octanol–water partition coefficient (Wildman–Crippen LogP) is 8.20. The average molecular weight is 680 g/mol. The van der Waals surface area contributed by atoms with E-state index in [1.54, 1.807) is 9.80 Å². The summed E-state index contributed by atoms with van der Waals surface area (Å²) in [5, 5.41) is 10.2. The Labute approximate surface area is 274 Å². The van der Waals surface area contributed by atoms with Gasteiger partial charge in [-0.25, -0.2) is 9.59 Å². The van der Waals surface area contributed by atoms with Crippen molar-refractivity contribution in [3.05, 3.63) is 71.8 Å². The zero-order valence-corrected chi connectivity index (χ0v) is 28.3. The van der Waals surface area contributed by atoms with Crippen molar-refractivity contribution in [2.45, 2.75) is 110 Å². The third kappa shape index (κ3) is 17.0. The molecule has 2 amide bonds. The topological polar surface area (TPSA) is 88.5 Å². The fraction of sp³-hybridized carbons (Fsp3) is 0.600. The van der Waals surface area contributed by atoms with Gasteiger partial charge in [0.25, 0.3) is 0 Å². The second kappa shape index (κ2) is 19.7. The van der Waals surface area contributed by atoms with E-state index in [9.17, 15) is 14.7 Å². The number of halogens is 1. The van der Waals surface area contributed by atoms with Crippen LogP contribution < -0.4 is 0 Å². The van der Waals surface area contributed by atoms with E-state index in [0.717, 1.165) is 18.2 Å². The van der Waals surface area contributed by atoms with Gasteiger partial charge in [-0.1, -0.05) is 84.0 Å². The number of aliphatic hydroxyl groups excluding tert-OH is 1. The fourth-order valence-corrected chi connectivity index (χ4v) is 4.64. The van der Waals surface area contributed by atoms with Gasteiger partial charge in [-0.15, -0.1) is 0 Å². The van der Waals surface area contributed by atoms with Crippen molar-refractivity contribution in [2.75, 3.05) is 26.2 Å². The molecule has 0 radical (unpaired) electrons. The molecular weight excluding hydrogens is 624 g/mol. The molecule has 44 heavy (non-hydrogen) atoms. The lowest BCUT2D eigenvalue weighted by Gasteiger charge is -2.33. The largest absolute Gasteiger partial charge is 0.444 e. The molecule has 0 unspecified atom stereocenters. The summed E-state index contributed by atoms with van der Waals surface area (Å²) in [6.45, 7) is 14.5. The first kappa shape index (κ1) is 39.4. The van der Waals surface area contributed by atoms with Gasteiger partial charge >= 0.3 is 12.2 Å². The predicted molar refractivity (Wildman–Crippen MR) is 181 cm³/mol. The molecule has 2 heterocycles. The summed E-state index contributed by atoms with van der Waals surface area (Å²) in [6, 6.07) is 20.4. The second-order valence-corrected chi connectivity index (χ2v) is 13.3. The zero-order chi connectivity index (χ0) is 31.9. The molecule has 0 saturated carbocycles. The van der Waals surface area contributed by atoms with Crippen LogP contribution in [0.3, 0.4) is 0 Å². The van der Waals surface area contributed by atoms with E-state index in [1.165, 1.54) is 11.1 Å². The van der Waals surface area contributed by atoms with Crippen molar-refractivity contribution in [3.63, 3.8) is 0 Å². The molecule has 4 rings (SSSR count). The zero-order valence-electron chi connectivity index (χ0n) is 26.8. The van der Waals surface area contributed by atoms with Crippen LogP contribution in [0.4, 0.5) is 9.59 Å². The SMILES string of the molecule is BrCc1ccccc1.C.CC(C)(C)OC(=O)N1CCC(O)CC1.CC(C)(C)OC(=O)N1CCC(OCc2ccccc2)CC1. The highest BCUT2D eigenvalue weighted by atomic mass is 79.9. The van der Waals surface area contributed by atoms with Crippen LogP contribution in [0.1, 0.15) is 85.8 Å². The number of hydrogen-bond acceptors (Lipinski definition) is 6. The number of alkyl halides is 1. The Balaban J connectivity index is 0.000000362. The number of hydrogen-bond donors (Lipinski definition) is 1. The van der Waals surface area contributed by atoms with Gasteiger partial charge in [-0.2, -0.15) is 0 Å². The van der Waals surface area contributed by atoms with Crippen LogP contribution in [0, 0.1) is 0 Å². The number of carbonyl (C=O) groups excluding carboxylic acids is 2. The first-order chi connectivity index (χ1) is 20.3. The molecule has 0 bridgehead atoms. The van der Waals surface area contributed by atoms with E-state index in [-0.39, 0.29) is 31.8 Å². The smallest absolute Gasteiger partial charge is 0.410 e. The Morgan fingerprint density at radius 1 is 0.727 bits per heavy atom. The van der Waals surface area contributed by atoms with Crippen molar-refractivity contribution < 1.29 is 28.9 Å². The standard InChI is InChI=1S/C17H25NO3.C10H19NO3.C7H7Br.CH4/c1-17(2,3)21-16(19)18-11-9-15(10-12-18)20-13-14-7-5-4-6-8-14;1-10(2,3)14-9(13)11-6-4-8(12)5-7-11;8-6-7-4-2-1-3-5-7;/h4-8,15H,9-13H2,1-3H3;8,12H,4-7H2,1-3H3;1-5H,6H2;1H4. The maximum Gasteiger partial charge on any atom is 0.410 e. The van der Waals surface area contributed by atoms with Crippen molar-refractivity contribution in [1.29, 1.82) is 0 Å². The van der Waals surface area contributed by atoms with Crippen LogP contribution >= 0.6 is 15.9 Å². The highest BCUT2D eigenvalue weighted by Crippen LogP contribution is 2.19. The summed E-state index contributed by atoms with van der Waals surface area (Å²) in [4.78, 5) is 26.9. The van der Waals surface area contributed by atoms with Gasteiger partial charge in [-0.05, 0) is 78.4 Å². The molecule has 0 atom stereocenters. The van der Waals surface area contributed by atoms with Gasteiger partial charge in [0.05, 0.1) is 18.8 Å². The number of nitrogens with zero attached hydrogens (tertiary/aromatic N) is 2. The molecule has 2 saturated heterocycles. The lowest BCUT2D eigenvalue weighted by Crippen LogP contribution is -2.43. The van der Waals surface area contributed by atoms with E-state index in [2.05, 4.69) is 40.2 Å². The minimum Gasteiger partial charge on any atom is -0.444 e. The maximum atomic E-state index is 12.0. The number of benzene rings is 2. The van der Waals surface area contributed by atoms with E-state index in [1.807, 2.05) is 77.9 Å². The van der Waals surface area contributed by atoms with Crippen molar-refractivity contribution >= 4 is 28.1 Å². The van der Waals surface area contributed by atoms with Crippen LogP contribution in [0.15, 0.2) is 60.7 Å². The number of likely N-dealkylation sites (tertiary alicyclic amines) is 2. The van der Waals surface area contributed by atoms with Gasteiger partial charge in [0.15, 0.2) is 0 Å². The average Bonchev–Trinajstić information content (AvgIpc) is 2.96. The fourth-order valence-electron chi connectivity index (χ4n) is 4.26. The van der Waals surface area contributed by atoms with Gasteiger partial charge in [0.1, 0.15) is 11.2 Å². The van der Waals surface area contributed by atoms with E-state index < -0.39 is 11.2 Å². The Morgan fingerprint density at radius 2 is 1.11 bits per heavy atom. The summed E-state index contributed by atoms with van der Waals surface area (Å²) in [5.41, 5.74) is 1.64. The number of piperidine rings is 2. The Kier molecular flexibility index (Phi) is 17.6.